The third-order valence-electron chi connectivity index (χ3n) is 4.47. The predicted molar refractivity (Wildman–Crippen MR) is 80.5 cm³/mol. The largest absolute Gasteiger partial charge is 0.375 e. The molecule has 0 amide bonds. The molecule has 19 heavy (non-hydrogen) atoms. The molecular weight excluding hydrogens is 236 g/mol. The van der Waals surface area contributed by atoms with Crippen LogP contribution in [0.2, 0.25) is 0 Å². The van der Waals surface area contributed by atoms with Crippen molar-refractivity contribution in [3.05, 3.63) is 0 Å². The minimum atomic E-state index is 0.445. The number of nitrogens with zero attached hydrogens (tertiary/aromatic N) is 1. The SMILES string of the molecule is CC(C)(C)CCNCCN1CCOC2CCCCC21. The predicted octanol–water partition coefficient (Wildman–Crippen LogP) is 2.66. The van der Waals surface area contributed by atoms with Crippen molar-refractivity contribution in [2.75, 3.05) is 32.8 Å². The molecule has 2 rings (SSSR count). The van der Waals surface area contributed by atoms with Crippen molar-refractivity contribution in [2.45, 2.75) is 65.0 Å². The topological polar surface area (TPSA) is 24.5 Å². The Hall–Kier alpha value is -0.120. The average molecular weight is 268 g/mol. The van der Waals surface area contributed by atoms with E-state index >= 15 is 0 Å². The molecule has 1 aliphatic carbocycles. The van der Waals surface area contributed by atoms with Crippen LogP contribution in [0.5, 0.6) is 0 Å². The summed E-state index contributed by atoms with van der Waals surface area (Å²) in [5, 5.41) is 3.60. The molecule has 3 nitrogen and oxygen atoms in total. The Kier molecular flexibility index (Phi) is 5.67. The van der Waals surface area contributed by atoms with Gasteiger partial charge in [0.05, 0.1) is 12.7 Å². The fourth-order valence-corrected chi connectivity index (χ4v) is 3.27. The Morgan fingerprint density at radius 2 is 1.95 bits per heavy atom. The van der Waals surface area contributed by atoms with Gasteiger partial charge >= 0.3 is 0 Å². The molecule has 0 radical (unpaired) electrons. The Bertz CT molecular complexity index is 260. The summed E-state index contributed by atoms with van der Waals surface area (Å²) in [6, 6.07) is 0.701. The smallest absolute Gasteiger partial charge is 0.0730 e. The lowest BCUT2D eigenvalue weighted by atomic mass is 9.90. The van der Waals surface area contributed by atoms with Gasteiger partial charge in [0.15, 0.2) is 0 Å². The van der Waals surface area contributed by atoms with Gasteiger partial charge in [-0.15, -0.1) is 0 Å². The standard InChI is InChI=1S/C16H32N2O/c1-16(2,3)8-9-17-10-11-18-12-13-19-15-7-5-4-6-14(15)18/h14-15,17H,4-13H2,1-3H3. The van der Waals surface area contributed by atoms with E-state index in [9.17, 15) is 0 Å². The van der Waals surface area contributed by atoms with Crippen LogP contribution in [0, 0.1) is 5.41 Å². The van der Waals surface area contributed by atoms with Crippen LogP contribution in [0.25, 0.3) is 0 Å². The van der Waals surface area contributed by atoms with E-state index in [1.54, 1.807) is 0 Å². The molecule has 1 heterocycles. The average Bonchev–Trinajstić information content (AvgIpc) is 2.37. The van der Waals surface area contributed by atoms with E-state index in [-0.39, 0.29) is 0 Å². The molecular formula is C16H32N2O. The van der Waals surface area contributed by atoms with E-state index in [2.05, 4.69) is 31.0 Å². The molecule has 1 aliphatic heterocycles. The lowest BCUT2D eigenvalue weighted by molar-refractivity contribution is -0.0873. The summed E-state index contributed by atoms with van der Waals surface area (Å²) in [5.41, 5.74) is 0.445. The van der Waals surface area contributed by atoms with E-state index in [0.29, 0.717) is 17.6 Å². The Labute approximate surface area is 119 Å². The molecule has 3 heteroatoms. The van der Waals surface area contributed by atoms with Crippen LogP contribution in [-0.4, -0.2) is 49.8 Å². The van der Waals surface area contributed by atoms with Crippen molar-refractivity contribution >= 4 is 0 Å². The van der Waals surface area contributed by atoms with Gasteiger partial charge in [-0.3, -0.25) is 4.90 Å². The second-order valence-corrected chi connectivity index (χ2v) is 7.36. The maximum absolute atomic E-state index is 5.92. The number of hydrogen-bond acceptors (Lipinski definition) is 3. The molecule has 0 aromatic carbocycles. The first-order chi connectivity index (χ1) is 9.06. The first-order valence-electron chi connectivity index (χ1n) is 8.13. The molecule has 1 N–H and O–H groups in total. The highest BCUT2D eigenvalue weighted by Gasteiger charge is 2.33. The van der Waals surface area contributed by atoms with Crippen molar-refractivity contribution in [3.63, 3.8) is 0 Å². The van der Waals surface area contributed by atoms with Gasteiger partial charge in [-0.25, -0.2) is 0 Å². The minimum Gasteiger partial charge on any atom is -0.375 e. The van der Waals surface area contributed by atoms with Gasteiger partial charge in [0.2, 0.25) is 0 Å². The molecule has 112 valence electrons. The van der Waals surface area contributed by atoms with Gasteiger partial charge in [-0.05, 0) is 31.2 Å². The molecule has 0 aromatic rings. The lowest BCUT2D eigenvalue weighted by Crippen LogP contribution is -2.54. The van der Waals surface area contributed by atoms with Crippen LogP contribution >= 0.6 is 0 Å². The minimum absolute atomic E-state index is 0.445. The first-order valence-corrected chi connectivity index (χ1v) is 8.13. The molecule has 2 fully saturated rings. The zero-order valence-electron chi connectivity index (χ0n) is 13.1. The second kappa shape index (κ2) is 7.05. The monoisotopic (exact) mass is 268 g/mol. The van der Waals surface area contributed by atoms with Crippen LogP contribution < -0.4 is 5.32 Å². The third-order valence-corrected chi connectivity index (χ3v) is 4.47. The fraction of sp³-hybridized carbons (Fsp3) is 1.00. The number of rotatable bonds is 5. The summed E-state index contributed by atoms with van der Waals surface area (Å²) < 4.78 is 5.92. The Morgan fingerprint density at radius 3 is 2.74 bits per heavy atom. The molecule has 2 unspecified atom stereocenters. The van der Waals surface area contributed by atoms with Gasteiger partial charge in [-0.1, -0.05) is 33.6 Å². The third kappa shape index (κ3) is 5.05. The van der Waals surface area contributed by atoms with Crippen LogP contribution in [0.4, 0.5) is 0 Å². The summed E-state index contributed by atoms with van der Waals surface area (Å²) in [6.07, 6.45) is 7.14. The number of hydrogen-bond donors (Lipinski definition) is 1. The van der Waals surface area contributed by atoms with Crippen LogP contribution in [0.3, 0.4) is 0 Å². The van der Waals surface area contributed by atoms with Gasteiger partial charge in [-0.2, -0.15) is 0 Å². The second-order valence-electron chi connectivity index (χ2n) is 7.36. The van der Waals surface area contributed by atoms with Crippen LogP contribution in [0.15, 0.2) is 0 Å². The Morgan fingerprint density at radius 1 is 1.16 bits per heavy atom. The molecule has 2 aliphatic rings. The maximum atomic E-state index is 5.92. The number of fused-ring (bicyclic) bond motifs is 1. The molecule has 0 spiro atoms. The van der Waals surface area contributed by atoms with E-state index in [0.717, 1.165) is 26.2 Å². The summed E-state index contributed by atoms with van der Waals surface area (Å²) in [7, 11) is 0. The van der Waals surface area contributed by atoms with Crippen LogP contribution in [0.1, 0.15) is 52.9 Å². The molecule has 0 aromatic heterocycles. The van der Waals surface area contributed by atoms with Crippen molar-refractivity contribution in [1.29, 1.82) is 0 Å². The number of nitrogens with one attached hydrogen (secondary N) is 1. The van der Waals surface area contributed by atoms with Gasteiger partial charge in [0, 0.05) is 25.7 Å². The summed E-state index contributed by atoms with van der Waals surface area (Å²) in [6.45, 7) is 12.4. The van der Waals surface area contributed by atoms with Crippen molar-refractivity contribution in [1.82, 2.24) is 10.2 Å². The molecule has 2 atom stereocenters. The van der Waals surface area contributed by atoms with Crippen molar-refractivity contribution in [2.24, 2.45) is 5.41 Å². The number of morpholine rings is 1. The molecule has 1 saturated heterocycles. The summed E-state index contributed by atoms with van der Waals surface area (Å²) in [5.74, 6) is 0. The highest BCUT2D eigenvalue weighted by molar-refractivity contribution is 4.87. The van der Waals surface area contributed by atoms with Crippen molar-refractivity contribution in [3.8, 4) is 0 Å². The Balaban J connectivity index is 1.64. The normalized spacial score (nSPS) is 29.2. The number of ether oxygens (including phenoxy) is 1. The zero-order chi connectivity index (χ0) is 13.7. The van der Waals surface area contributed by atoms with E-state index in [1.165, 1.54) is 38.6 Å². The van der Waals surface area contributed by atoms with E-state index in [1.807, 2.05) is 0 Å². The van der Waals surface area contributed by atoms with E-state index in [4.69, 9.17) is 4.74 Å². The zero-order valence-corrected chi connectivity index (χ0v) is 13.1. The maximum Gasteiger partial charge on any atom is 0.0730 e. The van der Waals surface area contributed by atoms with Gasteiger partial charge in [0.25, 0.3) is 0 Å². The van der Waals surface area contributed by atoms with Crippen molar-refractivity contribution < 1.29 is 4.74 Å². The van der Waals surface area contributed by atoms with Gasteiger partial charge < -0.3 is 10.1 Å². The molecule has 0 bridgehead atoms. The molecule has 1 saturated carbocycles. The van der Waals surface area contributed by atoms with Crippen LogP contribution in [-0.2, 0) is 4.74 Å². The summed E-state index contributed by atoms with van der Waals surface area (Å²) in [4.78, 5) is 2.66. The highest BCUT2D eigenvalue weighted by Crippen LogP contribution is 2.28. The fourth-order valence-electron chi connectivity index (χ4n) is 3.27. The lowest BCUT2D eigenvalue weighted by Gasteiger charge is -2.43. The summed E-state index contributed by atoms with van der Waals surface area (Å²) >= 11 is 0. The quantitative estimate of drug-likeness (QED) is 0.776. The van der Waals surface area contributed by atoms with Gasteiger partial charge in [0.1, 0.15) is 0 Å². The first kappa shape index (κ1) is 15.3. The van der Waals surface area contributed by atoms with E-state index < -0.39 is 0 Å². The highest BCUT2D eigenvalue weighted by atomic mass is 16.5.